The number of pyridine rings is 2. The molecule has 1 fully saturated rings. The summed E-state index contributed by atoms with van der Waals surface area (Å²) in [6.07, 6.45) is 10.0. The molecule has 1 saturated carbocycles. The van der Waals surface area contributed by atoms with Crippen LogP contribution in [-0.4, -0.2) is 26.7 Å². The van der Waals surface area contributed by atoms with E-state index in [9.17, 15) is 4.79 Å². The van der Waals surface area contributed by atoms with Gasteiger partial charge in [0.2, 0.25) is 0 Å². The fraction of sp³-hybridized carbons (Fsp3) is 0.412. The van der Waals surface area contributed by atoms with Crippen LogP contribution in [0.25, 0.3) is 21.9 Å². The molecule has 0 unspecified atom stereocenters. The Labute approximate surface area is 139 Å². The van der Waals surface area contributed by atoms with E-state index in [4.69, 9.17) is 4.74 Å². The fourth-order valence-corrected chi connectivity index (χ4v) is 3.92. The fourth-order valence-electron chi connectivity index (χ4n) is 3.69. The van der Waals surface area contributed by atoms with Crippen molar-refractivity contribution < 1.29 is 4.74 Å². The largest absolute Gasteiger partial charge is 0.381 e. The van der Waals surface area contributed by atoms with Crippen molar-refractivity contribution in [2.24, 2.45) is 0 Å². The molecule has 0 amide bonds. The number of nitrogens with zero attached hydrogens (tertiary/aromatic N) is 3. The maximum Gasteiger partial charge on any atom is 0.190 e. The lowest BCUT2D eigenvalue weighted by Gasteiger charge is -2.30. The van der Waals surface area contributed by atoms with Gasteiger partial charge in [-0.25, -0.2) is 4.98 Å². The van der Waals surface area contributed by atoms with Crippen LogP contribution in [0.1, 0.15) is 31.7 Å². The molecule has 6 heteroatoms. The van der Waals surface area contributed by atoms with Gasteiger partial charge in [-0.1, -0.05) is 12.8 Å². The molecule has 1 aliphatic carbocycles. The Hall–Kier alpha value is -1.79. The van der Waals surface area contributed by atoms with E-state index in [-0.39, 0.29) is 5.43 Å². The number of hydrogen-bond donors (Lipinski definition) is 1. The average molecular weight is 329 g/mol. The molecule has 0 radical (unpaired) electrons. The summed E-state index contributed by atoms with van der Waals surface area (Å²) in [6.45, 7) is 0. The van der Waals surface area contributed by atoms with Crippen LogP contribution in [0, 0.1) is 0 Å². The van der Waals surface area contributed by atoms with Crippen molar-refractivity contribution in [3.63, 3.8) is 0 Å². The van der Waals surface area contributed by atoms with E-state index in [1.54, 1.807) is 23.3 Å². The van der Waals surface area contributed by atoms with Crippen LogP contribution in [0.5, 0.6) is 0 Å². The third-order valence-electron chi connectivity index (χ3n) is 4.95. The number of hydrogen-bond acceptors (Lipinski definition) is 4. The van der Waals surface area contributed by atoms with Crippen molar-refractivity contribution in [3.8, 4) is 0 Å². The molecule has 3 aromatic rings. The second-order valence-corrected chi connectivity index (χ2v) is 6.60. The minimum absolute atomic E-state index is 0.0168. The van der Waals surface area contributed by atoms with Gasteiger partial charge in [-0.3, -0.25) is 8.77 Å². The highest BCUT2D eigenvalue weighted by atomic mass is 32.1. The minimum Gasteiger partial charge on any atom is -0.381 e. The van der Waals surface area contributed by atoms with E-state index in [0.717, 1.165) is 42.2 Å². The molecule has 3 heterocycles. The summed E-state index contributed by atoms with van der Waals surface area (Å²) in [5.41, 5.74) is 1.77. The van der Waals surface area contributed by atoms with Crippen molar-refractivity contribution in [2.75, 3.05) is 7.11 Å². The molecule has 0 aliphatic heterocycles. The Kier molecular flexibility index (Phi) is 3.66. The van der Waals surface area contributed by atoms with Crippen molar-refractivity contribution >= 4 is 34.8 Å². The van der Waals surface area contributed by atoms with Crippen LogP contribution in [0.3, 0.4) is 0 Å². The van der Waals surface area contributed by atoms with Crippen LogP contribution in [0.4, 0.5) is 0 Å². The van der Waals surface area contributed by atoms with Crippen LogP contribution < -0.4 is 5.43 Å². The summed E-state index contributed by atoms with van der Waals surface area (Å²) in [6, 6.07) is 4.02. The smallest absolute Gasteiger partial charge is 0.190 e. The lowest BCUT2D eigenvalue weighted by Crippen LogP contribution is -2.23. The highest BCUT2D eigenvalue weighted by molar-refractivity contribution is 7.78. The molecule has 1 aliphatic rings. The first kappa shape index (κ1) is 14.8. The highest BCUT2D eigenvalue weighted by Crippen LogP contribution is 2.33. The molecule has 4 rings (SSSR count). The van der Waals surface area contributed by atoms with Crippen LogP contribution >= 0.6 is 12.8 Å². The van der Waals surface area contributed by atoms with Gasteiger partial charge in [0.15, 0.2) is 11.1 Å². The van der Waals surface area contributed by atoms with Gasteiger partial charge in [0.05, 0.1) is 17.0 Å². The van der Waals surface area contributed by atoms with Gasteiger partial charge >= 0.3 is 0 Å². The van der Waals surface area contributed by atoms with Crippen LogP contribution in [0.2, 0.25) is 0 Å². The molecule has 5 nitrogen and oxygen atoms in total. The zero-order chi connectivity index (χ0) is 16.0. The molecule has 120 valence electrons. The molecule has 0 saturated heterocycles. The molecule has 0 aromatic carbocycles. The lowest BCUT2D eigenvalue weighted by molar-refractivity contribution is 0.0589. The van der Waals surface area contributed by atoms with Crippen molar-refractivity contribution in [2.45, 2.75) is 37.8 Å². The van der Waals surface area contributed by atoms with E-state index in [2.05, 4.69) is 22.4 Å². The molecule has 0 spiro atoms. The molecule has 3 aromatic heterocycles. The first-order chi connectivity index (χ1) is 11.2. The zero-order valence-electron chi connectivity index (χ0n) is 13.0. The SMILES string of the molecule is COC1CCC(n2ccc(=O)c3cnc4c(ccn4S)c32)CC1. The number of ether oxygens (including phenoxy) is 1. The summed E-state index contributed by atoms with van der Waals surface area (Å²) >= 11 is 4.39. The monoisotopic (exact) mass is 329 g/mol. The molecule has 0 atom stereocenters. The lowest BCUT2D eigenvalue weighted by atomic mass is 9.92. The van der Waals surface area contributed by atoms with Crippen molar-refractivity contribution in [1.29, 1.82) is 0 Å². The normalized spacial score (nSPS) is 22.0. The standard InChI is InChI=1S/C17H19N3O2S/c1-22-12-4-2-11(3-5-12)19-8-7-15(21)14-10-18-17-13(16(14)19)6-9-20(17)23/h6-12,23H,2-5H2,1H3. The first-order valence-electron chi connectivity index (χ1n) is 7.92. The van der Waals surface area contributed by atoms with Crippen molar-refractivity contribution in [3.05, 3.63) is 40.9 Å². The zero-order valence-corrected chi connectivity index (χ0v) is 13.9. The maximum atomic E-state index is 12.3. The van der Waals surface area contributed by atoms with Gasteiger partial charge in [-0.05, 0) is 31.7 Å². The van der Waals surface area contributed by atoms with Gasteiger partial charge in [-0.2, -0.15) is 0 Å². The molecule has 0 N–H and O–H groups in total. The Morgan fingerprint density at radius 1 is 1.17 bits per heavy atom. The van der Waals surface area contributed by atoms with E-state index in [1.807, 2.05) is 18.5 Å². The summed E-state index contributed by atoms with van der Waals surface area (Å²) in [5, 5.41) is 1.65. The maximum absolute atomic E-state index is 12.3. The number of thiol groups is 1. The topological polar surface area (TPSA) is 49.1 Å². The van der Waals surface area contributed by atoms with Crippen LogP contribution in [0.15, 0.2) is 35.5 Å². The second kappa shape index (κ2) is 5.69. The molecular formula is C17H19N3O2S. The van der Waals surface area contributed by atoms with Gasteiger partial charge in [0.25, 0.3) is 0 Å². The third kappa shape index (κ3) is 2.37. The van der Waals surface area contributed by atoms with Gasteiger partial charge < -0.3 is 9.30 Å². The minimum atomic E-state index is 0.0168. The van der Waals surface area contributed by atoms with Crippen LogP contribution in [-0.2, 0) is 4.74 Å². The Morgan fingerprint density at radius 2 is 1.96 bits per heavy atom. The predicted molar refractivity (Wildman–Crippen MR) is 94.2 cm³/mol. The first-order valence-corrected chi connectivity index (χ1v) is 8.32. The second-order valence-electron chi connectivity index (χ2n) is 6.17. The Bertz CT molecular complexity index is 923. The molecular weight excluding hydrogens is 310 g/mol. The Morgan fingerprint density at radius 3 is 2.70 bits per heavy atom. The summed E-state index contributed by atoms with van der Waals surface area (Å²) < 4.78 is 9.42. The quantitative estimate of drug-likeness (QED) is 0.735. The Balaban J connectivity index is 1.91. The van der Waals surface area contributed by atoms with E-state index >= 15 is 0 Å². The summed E-state index contributed by atoms with van der Waals surface area (Å²) in [7, 11) is 1.78. The van der Waals surface area contributed by atoms with Crippen molar-refractivity contribution in [1.82, 2.24) is 13.5 Å². The van der Waals surface area contributed by atoms with Gasteiger partial charge in [-0.15, -0.1) is 0 Å². The average Bonchev–Trinajstić information content (AvgIpc) is 2.97. The van der Waals surface area contributed by atoms with Gasteiger partial charge in [0, 0.05) is 43.2 Å². The highest BCUT2D eigenvalue weighted by Gasteiger charge is 2.23. The van der Waals surface area contributed by atoms with E-state index in [1.165, 1.54) is 0 Å². The summed E-state index contributed by atoms with van der Waals surface area (Å²) in [4.78, 5) is 16.7. The van der Waals surface area contributed by atoms with Gasteiger partial charge in [0.1, 0.15) is 0 Å². The van der Waals surface area contributed by atoms with E-state index < -0.39 is 0 Å². The number of fused-ring (bicyclic) bond motifs is 3. The number of methoxy groups -OCH3 is 1. The molecule has 23 heavy (non-hydrogen) atoms. The predicted octanol–water partition coefficient (Wildman–Crippen LogP) is 3.17. The third-order valence-corrected chi connectivity index (χ3v) is 5.27. The molecule has 0 bridgehead atoms. The van der Waals surface area contributed by atoms with E-state index in [0.29, 0.717) is 17.5 Å². The number of rotatable bonds is 2. The number of aromatic nitrogens is 3. The summed E-state index contributed by atoms with van der Waals surface area (Å²) in [5.74, 6) is 0.